The van der Waals surface area contributed by atoms with Gasteiger partial charge in [-0.25, -0.2) is 0 Å². The van der Waals surface area contributed by atoms with Gasteiger partial charge in [-0.15, -0.1) is 0 Å². The first-order valence-corrected chi connectivity index (χ1v) is 6.50. The van der Waals surface area contributed by atoms with Crippen LogP contribution in [-0.2, 0) is 4.79 Å². The molecule has 1 N–H and O–H groups in total. The number of aliphatic carboxylic acids is 1. The highest BCUT2D eigenvalue weighted by molar-refractivity contribution is 6.30. The van der Waals surface area contributed by atoms with Gasteiger partial charge in [0.15, 0.2) is 5.78 Å². The zero-order valence-corrected chi connectivity index (χ0v) is 11.6. The Labute approximate surface area is 121 Å². The van der Waals surface area contributed by atoms with E-state index < -0.39 is 11.9 Å². The van der Waals surface area contributed by atoms with Crippen LogP contribution in [0.5, 0.6) is 0 Å². The minimum Gasteiger partial charge on any atom is -0.481 e. The van der Waals surface area contributed by atoms with Crippen molar-refractivity contribution in [2.75, 3.05) is 0 Å². The highest BCUT2D eigenvalue weighted by atomic mass is 35.5. The van der Waals surface area contributed by atoms with Crippen molar-refractivity contribution in [2.45, 2.75) is 12.8 Å². The van der Waals surface area contributed by atoms with Gasteiger partial charge in [-0.05, 0) is 42.8 Å². The molecule has 1 unspecified atom stereocenters. The van der Waals surface area contributed by atoms with Gasteiger partial charge < -0.3 is 5.11 Å². The van der Waals surface area contributed by atoms with Gasteiger partial charge in [0.25, 0.3) is 0 Å². The minimum absolute atomic E-state index is 0.152. The van der Waals surface area contributed by atoms with E-state index in [9.17, 15) is 9.59 Å². The van der Waals surface area contributed by atoms with E-state index >= 15 is 0 Å². The summed E-state index contributed by atoms with van der Waals surface area (Å²) in [4.78, 5) is 23.3. The number of carbonyl (C=O) groups is 2. The van der Waals surface area contributed by atoms with Crippen molar-refractivity contribution in [3.8, 4) is 0 Å². The van der Waals surface area contributed by atoms with Crippen LogP contribution in [0.1, 0.15) is 34.3 Å². The second-order valence-electron chi connectivity index (χ2n) is 4.52. The second-order valence-corrected chi connectivity index (χ2v) is 4.96. The smallest absolute Gasteiger partial charge is 0.310 e. The van der Waals surface area contributed by atoms with Gasteiger partial charge in [-0.1, -0.05) is 29.8 Å². The van der Waals surface area contributed by atoms with Crippen molar-refractivity contribution in [2.24, 2.45) is 0 Å². The fourth-order valence-electron chi connectivity index (χ4n) is 1.86. The van der Waals surface area contributed by atoms with Crippen LogP contribution < -0.4 is 0 Å². The second kappa shape index (κ2) is 5.88. The summed E-state index contributed by atoms with van der Waals surface area (Å²) in [5.74, 6) is -1.71. The van der Waals surface area contributed by atoms with Gasteiger partial charge in [0.2, 0.25) is 0 Å². The van der Waals surface area contributed by atoms with Gasteiger partial charge in [-0.2, -0.15) is 0 Å². The van der Waals surface area contributed by atoms with Crippen LogP contribution in [0.25, 0.3) is 0 Å². The zero-order valence-electron chi connectivity index (χ0n) is 10.8. The number of halogens is 1. The normalized spacial score (nSPS) is 11.9. The molecule has 0 saturated carbocycles. The Morgan fingerprint density at radius 3 is 2.30 bits per heavy atom. The average molecular weight is 289 g/mol. The van der Waals surface area contributed by atoms with E-state index in [-0.39, 0.29) is 5.78 Å². The lowest BCUT2D eigenvalue weighted by Crippen LogP contribution is -2.09. The number of carboxylic acids is 1. The van der Waals surface area contributed by atoms with E-state index in [2.05, 4.69) is 0 Å². The molecule has 0 spiro atoms. The molecule has 0 amide bonds. The standard InChI is InChI=1S/C16H13ClO3/c1-10(16(19)20)12-3-2-4-13(9-12)15(18)11-5-7-14(17)8-6-11/h2-10H,1H3,(H,19,20). The SMILES string of the molecule is CC(C(=O)O)c1cccc(C(=O)c2ccc(Cl)cc2)c1. The summed E-state index contributed by atoms with van der Waals surface area (Å²) in [5.41, 5.74) is 1.60. The molecule has 0 aliphatic carbocycles. The van der Waals surface area contributed by atoms with E-state index in [0.717, 1.165) is 0 Å². The lowest BCUT2D eigenvalue weighted by Gasteiger charge is -2.08. The Morgan fingerprint density at radius 2 is 1.70 bits per heavy atom. The minimum atomic E-state index is -0.916. The van der Waals surface area contributed by atoms with Gasteiger partial charge in [0.1, 0.15) is 0 Å². The molecule has 0 radical (unpaired) electrons. The van der Waals surface area contributed by atoms with E-state index in [1.165, 1.54) is 0 Å². The van der Waals surface area contributed by atoms with Crippen molar-refractivity contribution in [1.29, 1.82) is 0 Å². The van der Waals surface area contributed by atoms with E-state index in [1.807, 2.05) is 0 Å². The molecule has 2 rings (SSSR count). The van der Waals surface area contributed by atoms with Crippen molar-refractivity contribution in [3.05, 3.63) is 70.2 Å². The molecule has 2 aromatic carbocycles. The van der Waals surface area contributed by atoms with Crippen LogP contribution in [-0.4, -0.2) is 16.9 Å². The van der Waals surface area contributed by atoms with Crippen molar-refractivity contribution < 1.29 is 14.7 Å². The van der Waals surface area contributed by atoms with Gasteiger partial charge in [0, 0.05) is 16.1 Å². The molecule has 102 valence electrons. The quantitative estimate of drug-likeness (QED) is 0.872. The molecule has 2 aromatic rings. The Bertz CT molecular complexity index is 647. The Balaban J connectivity index is 2.33. The number of benzene rings is 2. The first-order valence-electron chi connectivity index (χ1n) is 6.12. The van der Waals surface area contributed by atoms with Crippen LogP contribution in [0.4, 0.5) is 0 Å². The van der Waals surface area contributed by atoms with Crippen LogP contribution in [0.2, 0.25) is 5.02 Å². The molecule has 0 heterocycles. The summed E-state index contributed by atoms with van der Waals surface area (Å²) in [6.45, 7) is 1.59. The summed E-state index contributed by atoms with van der Waals surface area (Å²) >= 11 is 5.79. The lowest BCUT2D eigenvalue weighted by atomic mass is 9.96. The predicted molar refractivity (Wildman–Crippen MR) is 77.4 cm³/mol. The van der Waals surface area contributed by atoms with Crippen LogP contribution in [0.15, 0.2) is 48.5 Å². The van der Waals surface area contributed by atoms with Crippen LogP contribution in [0, 0.1) is 0 Å². The number of ketones is 1. The molecule has 0 bridgehead atoms. The molecule has 0 aliphatic heterocycles. The van der Waals surface area contributed by atoms with Gasteiger partial charge in [-0.3, -0.25) is 9.59 Å². The van der Waals surface area contributed by atoms with E-state index in [0.29, 0.717) is 21.7 Å². The van der Waals surface area contributed by atoms with Crippen LogP contribution in [0.3, 0.4) is 0 Å². The van der Waals surface area contributed by atoms with E-state index in [1.54, 1.807) is 55.5 Å². The van der Waals surface area contributed by atoms with Gasteiger partial charge in [0.05, 0.1) is 5.92 Å². The summed E-state index contributed by atoms with van der Waals surface area (Å²) < 4.78 is 0. The third kappa shape index (κ3) is 3.06. The maximum atomic E-state index is 12.3. The maximum absolute atomic E-state index is 12.3. The number of carboxylic acid groups (broad SMARTS) is 1. The monoisotopic (exact) mass is 288 g/mol. The molecular weight excluding hydrogens is 276 g/mol. The molecule has 3 nitrogen and oxygen atoms in total. The Kier molecular flexibility index (Phi) is 4.20. The fraction of sp³-hybridized carbons (Fsp3) is 0.125. The number of hydrogen-bond acceptors (Lipinski definition) is 2. The van der Waals surface area contributed by atoms with Crippen molar-refractivity contribution in [3.63, 3.8) is 0 Å². The van der Waals surface area contributed by atoms with Crippen molar-refractivity contribution >= 4 is 23.4 Å². The molecule has 4 heteroatoms. The summed E-state index contributed by atoms with van der Waals surface area (Å²) in [5, 5.41) is 9.58. The fourth-order valence-corrected chi connectivity index (χ4v) is 1.99. The topological polar surface area (TPSA) is 54.4 Å². The molecule has 0 saturated heterocycles. The number of hydrogen-bond donors (Lipinski definition) is 1. The number of carbonyl (C=O) groups excluding carboxylic acids is 1. The largest absolute Gasteiger partial charge is 0.481 e. The average Bonchev–Trinajstić information content (AvgIpc) is 2.46. The first kappa shape index (κ1) is 14.3. The first-order chi connectivity index (χ1) is 9.49. The Hall–Kier alpha value is -2.13. The van der Waals surface area contributed by atoms with E-state index in [4.69, 9.17) is 16.7 Å². The molecule has 0 aliphatic rings. The number of rotatable bonds is 4. The molecule has 20 heavy (non-hydrogen) atoms. The zero-order chi connectivity index (χ0) is 14.7. The third-order valence-corrected chi connectivity index (χ3v) is 3.38. The summed E-state index contributed by atoms with van der Waals surface area (Å²) in [7, 11) is 0. The third-order valence-electron chi connectivity index (χ3n) is 3.13. The summed E-state index contributed by atoms with van der Waals surface area (Å²) in [6, 6.07) is 13.3. The highest BCUT2D eigenvalue weighted by Crippen LogP contribution is 2.19. The maximum Gasteiger partial charge on any atom is 0.310 e. The van der Waals surface area contributed by atoms with Crippen LogP contribution >= 0.6 is 11.6 Å². The van der Waals surface area contributed by atoms with Crippen molar-refractivity contribution in [1.82, 2.24) is 0 Å². The lowest BCUT2D eigenvalue weighted by molar-refractivity contribution is -0.138. The Morgan fingerprint density at radius 1 is 1.05 bits per heavy atom. The molecule has 1 atom stereocenters. The highest BCUT2D eigenvalue weighted by Gasteiger charge is 2.16. The molecule has 0 fully saturated rings. The molecular formula is C16H13ClO3. The van der Waals surface area contributed by atoms with Gasteiger partial charge >= 0.3 is 5.97 Å². The summed E-state index contributed by atoms with van der Waals surface area (Å²) in [6.07, 6.45) is 0. The molecule has 0 aromatic heterocycles. The predicted octanol–water partition coefficient (Wildman–Crippen LogP) is 3.76.